The Kier molecular flexibility index (Phi) is 11.5. The summed E-state index contributed by atoms with van der Waals surface area (Å²) in [5.74, 6) is 1.17. The van der Waals surface area contributed by atoms with Gasteiger partial charge in [-0.2, -0.15) is 0 Å². The molecule has 0 heterocycles. The lowest BCUT2D eigenvalue weighted by Crippen LogP contribution is -2.12. The van der Waals surface area contributed by atoms with Crippen molar-refractivity contribution in [3.63, 3.8) is 0 Å². The number of carbonyl (C=O) groups excluding carboxylic acids is 1. The molecular weight excluding hydrogens is 337 g/mol. The lowest BCUT2D eigenvalue weighted by Gasteiger charge is -2.24. The van der Waals surface area contributed by atoms with Gasteiger partial charge in [-0.05, 0) is 24.0 Å². The van der Waals surface area contributed by atoms with Gasteiger partial charge < -0.3 is 10.4 Å². The zero-order valence-corrected chi connectivity index (χ0v) is 15.3. The largest absolute Gasteiger partial charge is 0.481 e. The van der Waals surface area contributed by atoms with Crippen molar-refractivity contribution < 1.29 is 14.7 Å². The lowest BCUT2D eigenvalue weighted by atomic mass is 9.82. The van der Waals surface area contributed by atoms with Crippen molar-refractivity contribution in [1.82, 2.24) is 0 Å². The highest BCUT2D eigenvalue weighted by atomic mass is 35.5. The summed E-state index contributed by atoms with van der Waals surface area (Å²) in [6, 6.07) is 5.03. The number of anilines is 1. The number of rotatable bonds is 2. The fraction of sp³-hybridized carbons (Fsp3) is 0.529. The minimum absolute atomic E-state index is 0.362. The Morgan fingerprint density at radius 1 is 1.22 bits per heavy atom. The predicted octanol–water partition coefficient (Wildman–Crippen LogP) is 5.49. The number of amides is 1. The van der Waals surface area contributed by atoms with E-state index in [-0.39, 0.29) is 0 Å². The monoisotopic (exact) mass is 361 g/mol. The summed E-state index contributed by atoms with van der Waals surface area (Å²) in [7, 11) is 0. The average molecular weight is 362 g/mol. The predicted molar refractivity (Wildman–Crippen MR) is 96.3 cm³/mol. The Labute approximate surface area is 148 Å². The summed E-state index contributed by atoms with van der Waals surface area (Å²) in [4.78, 5) is 19.0. The molecule has 0 aliphatic heterocycles. The number of benzene rings is 1. The molecule has 1 aromatic carbocycles. The Morgan fingerprint density at radius 3 is 2.09 bits per heavy atom. The Bertz CT molecular complexity index is 481. The quantitative estimate of drug-likeness (QED) is 0.684. The molecule has 0 spiro atoms. The molecule has 130 valence electrons. The van der Waals surface area contributed by atoms with Crippen LogP contribution in [0.2, 0.25) is 10.0 Å². The van der Waals surface area contributed by atoms with Crippen LogP contribution in [0.4, 0.5) is 5.69 Å². The average Bonchev–Trinajstić information content (AvgIpc) is 2.47. The minimum Gasteiger partial charge on any atom is -0.481 e. The first-order chi connectivity index (χ1) is 10.8. The second-order valence-corrected chi connectivity index (χ2v) is 6.41. The summed E-state index contributed by atoms with van der Waals surface area (Å²) in [5.41, 5.74) is 0.522. The Balaban J connectivity index is 0.000000354. The molecule has 2 atom stereocenters. The smallest absolute Gasteiger partial charge is 0.300 e. The van der Waals surface area contributed by atoms with E-state index >= 15 is 0 Å². The molecule has 6 heteroatoms. The third-order valence-electron chi connectivity index (χ3n) is 3.71. The van der Waals surface area contributed by atoms with Gasteiger partial charge in [-0.3, -0.25) is 9.59 Å². The van der Waals surface area contributed by atoms with E-state index in [4.69, 9.17) is 33.1 Å². The fourth-order valence-corrected chi connectivity index (χ4v) is 2.54. The highest BCUT2D eigenvalue weighted by molar-refractivity contribution is 6.43. The van der Waals surface area contributed by atoms with Crippen molar-refractivity contribution >= 4 is 41.3 Å². The molecule has 0 bridgehead atoms. The van der Waals surface area contributed by atoms with Gasteiger partial charge >= 0.3 is 0 Å². The molecule has 2 N–H and O–H groups in total. The van der Waals surface area contributed by atoms with Crippen LogP contribution in [-0.4, -0.2) is 17.5 Å². The second kappa shape index (κ2) is 12.2. The topological polar surface area (TPSA) is 66.4 Å². The summed E-state index contributed by atoms with van der Waals surface area (Å²) >= 11 is 11.4. The van der Waals surface area contributed by atoms with Crippen LogP contribution in [0, 0.1) is 11.8 Å². The van der Waals surface area contributed by atoms with E-state index in [2.05, 4.69) is 19.2 Å². The van der Waals surface area contributed by atoms with Gasteiger partial charge in [-0.25, -0.2) is 0 Å². The van der Waals surface area contributed by atoms with Gasteiger partial charge in [0.05, 0.1) is 15.7 Å². The molecule has 0 aromatic heterocycles. The van der Waals surface area contributed by atoms with Crippen LogP contribution in [0.15, 0.2) is 18.2 Å². The summed E-state index contributed by atoms with van der Waals surface area (Å²) < 4.78 is 0. The summed E-state index contributed by atoms with van der Waals surface area (Å²) in [6.45, 7) is 5.84. The van der Waals surface area contributed by atoms with E-state index in [1.807, 2.05) is 0 Å². The van der Waals surface area contributed by atoms with Gasteiger partial charge in [0.2, 0.25) is 6.41 Å². The third kappa shape index (κ3) is 10.2. The lowest BCUT2D eigenvalue weighted by molar-refractivity contribution is -0.134. The van der Waals surface area contributed by atoms with Crippen LogP contribution >= 0.6 is 23.2 Å². The molecular formula is C17H25Cl2NO3. The number of nitrogens with one attached hydrogen (secondary N) is 1. The van der Waals surface area contributed by atoms with Gasteiger partial charge in [0.25, 0.3) is 5.97 Å². The zero-order chi connectivity index (χ0) is 17.8. The SMILES string of the molecule is CC(=O)O.CC1CCCCC1C.O=CNc1cccc(Cl)c1Cl. The summed E-state index contributed by atoms with van der Waals surface area (Å²) in [5, 5.41) is 10.6. The fourth-order valence-electron chi connectivity index (χ4n) is 2.18. The van der Waals surface area contributed by atoms with Crippen LogP contribution in [0.1, 0.15) is 46.5 Å². The Morgan fingerprint density at radius 2 is 1.70 bits per heavy atom. The molecule has 4 nitrogen and oxygen atoms in total. The van der Waals surface area contributed by atoms with Crippen LogP contribution in [0.25, 0.3) is 0 Å². The third-order valence-corrected chi connectivity index (χ3v) is 4.53. The van der Waals surface area contributed by atoms with Crippen molar-refractivity contribution in [2.24, 2.45) is 11.8 Å². The Hall–Kier alpha value is -1.26. The van der Waals surface area contributed by atoms with E-state index in [1.54, 1.807) is 18.2 Å². The number of hydrogen-bond donors (Lipinski definition) is 2. The molecule has 2 rings (SSSR count). The number of carboxylic acid groups (broad SMARTS) is 1. The van der Waals surface area contributed by atoms with Gasteiger partial charge in [-0.15, -0.1) is 0 Å². The molecule has 2 unspecified atom stereocenters. The van der Waals surface area contributed by atoms with Crippen molar-refractivity contribution in [1.29, 1.82) is 0 Å². The van der Waals surface area contributed by atoms with E-state index in [9.17, 15) is 4.79 Å². The van der Waals surface area contributed by atoms with Gasteiger partial charge in [-0.1, -0.05) is 68.8 Å². The highest BCUT2D eigenvalue weighted by Crippen LogP contribution is 2.29. The van der Waals surface area contributed by atoms with Crippen molar-refractivity contribution in [2.75, 3.05) is 5.32 Å². The first-order valence-electron chi connectivity index (χ1n) is 7.63. The molecule has 1 aliphatic carbocycles. The minimum atomic E-state index is -0.833. The standard InChI is InChI=1S/C8H16.C7H5Cl2NO.C2H4O2/c1-7-5-3-4-6-8(7)2;8-5-2-1-3-6(7(5)9)10-4-11;1-2(3)4/h7-8H,3-6H2,1-2H3;1-4H,(H,10,11);1H3,(H,3,4). The second-order valence-electron chi connectivity index (χ2n) is 5.62. The summed E-state index contributed by atoms with van der Waals surface area (Å²) in [6.07, 6.45) is 6.46. The van der Waals surface area contributed by atoms with Gasteiger partial charge in [0.15, 0.2) is 0 Å². The van der Waals surface area contributed by atoms with E-state index < -0.39 is 5.97 Å². The van der Waals surface area contributed by atoms with Crippen LogP contribution in [-0.2, 0) is 9.59 Å². The van der Waals surface area contributed by atoms with Gasteiger partial charge in [0, 0.05) is 6.92 Å². The first kappa shape index (κ1) is 21.7. The molecule has 1 aliphatic rings. The van der Waals surface area contributed by atoms with Crippen LogP contribution in [0.5, 0.6) is 0 Å². The maximum atomic E-state index is 10.0. The number of carboxylic acids is 1. The number of aliphatic carboxylic acids is 1. The van der Waals surface area contributed by atoms with Gasteiger partial charge in [0.1, 0.15) is 0 Å². The van der Waals surface area contributed by atoms with Crippen molar-refractivity contribution in [2.45, 2.75) is 46.5 Å². The molecule has 1 aromatic rings. The number of halogens is 2. The maximum Gasteiger partial charge on any atom is 0.300 e. The molecule has 1 saturated carbocycles. The molecule has 23 heavy (non-hydrogen) atoms. The van der Waals surface area contributed by atoms with Crippen LogP contribution in [0.3, 0.4) is 0 Å². The maximum absolute atomic E-state index is 10.0. The van der Waals surface area contributed by atoms with E-state index in [1.165, 1.54) is 25.7 Å². The van der Waals surface area contributed by atoms with Crippen LogP contribution < -0.4 is 5.32 Å². The zero-order valence-electron chi connectivity index (χ0n) is 13.8. The molecule has 0 radical (unpaired) electrons. The highest BCUT2D eigenvalue weighted by Gasteiger charge is 2.15. The van der Waals surface area contributed by atoms with Crippen molar-refractivity contribution in [3.05, 3.63) is 28.2 Å². The van der Waals surface area contributed by atoms with E-state index in [0.29, 0.717) is 22.1 Å². The van der Waals surface area contributed by atoms with E-state index in [0.717, 1.165) is 18.8 Å². The molecule has 1 fully saturated rings. The first-order valence-corrected chi connectivity index (χ1v) is 8.38. The molecule has 0 saturated heterocycles. The number of hydrogen-bond acceptors (Lipinski definition) is 2. The normalized spacial score (nSPS) is 19.3. The number of carbonyl (C=O) groups is 2. The van der Waals surface area contributed by atoms with Crippen molar-refractivity contribution in [3.8, 4) is 0 Å². The molecule has 1 amide bonds.